The molecule has 0 saturated heterocycles. The zero-order valence-corrected chi connectivity index (χ0v) is 14.9. The molecule has 0 radical (unpaired) electrons. The Hall–Kier alpha value is -2.64. The molecule has 1 aliphatic carbocycles. The summed E-state index contributed by atoms with van der Waals surface area (Å²) in [6.07, 6.45) is 4.66. The number of fused-ring (bicyclic) bond motifs is 2. The van der Waals surface area contributed by atoms with Crippen LogP contribution in [0.4, 0.5) is 0 Å². The normalized spacial score (nSPS) is 16.3. The van der Waals surface area contributed by atoms with Crippen LogP contribution in [0.1, 0.15) is 52.4 Å². The molecule has 8 nitrogen and oxygen atoms in total. The van der Waals surface area contributed by atoms with Crippen molar-refractivity contribution in [2.24, 2.45) is 7.05 Å². The number of amides is 1. The first kappa shape index (κ1) is 16.8. The van der Waals surface area contributed by atoms with Crippen LogP contribution in [-0.4, -0.2) is 48.0 Å². The van der Waals surface area contributed by atoms with Crippen LogP contribution >= 0.6 is 0 Å². The van der Waals surface area contributed by atoms with Gasteiger partial charge in [-0.3, -0.25) is 19.0 Å². The standard InChI is InChI=1S/C18H23N5O3/c1-21-15-5-3-2-4-14(15)17(20-21)18(26)22-8-9-23-13(11-22)10-12(19-23)6-7-16(24)25/h10H,2-9,11H2,1H3,(H,24,25). The van der Waals surface area contributed by atoms with Gasteiger partial charge >= 0.3 is 5.97 Å². The maximum atomic E-state index is 13.1. The Balaban J connectivity index is 1.52. The van der Waals surface area contributed by atoms with Crippen LogP contribution in [0.3, 0.4) is 0 Å². The van der Waals surface area contributed by atoms with Gasteiger partial charge in [-0.2, -0.15) is 10.2 Å². The first-order chi connectivity index (χ1) is 12.5. The first-order valence-electron chi connectivity index (χ1n) is 9.14. The minimum absolute atomic E-state index is 0.0108. The molecule has 0 atom stereocenters. The van der Waals surface area contributed by atoms with Crippen LogP contribution in [0, 0.1) is 0 Å². The van der Waals surface area contributed by atoms with E-state index in [0.29, 0.717) is 31.7 Å². The quantitative estimate of drug-likeness (QED) is 0.886. The van der Waals surface area contributed by atoms with E-state index in [9.17, 15) is 9.59 Å². The lowest BCUT2D eigenvalue weighted by atomic mass is 9.95. The third-order valence-corrected chi connectivity index (χ3v) is 5.30. The molecule has 3 heterocycles. The minimum atomic E-state index is -0.826. The number of carboxylic acid groups (broad SMARTS) is 1. The van der Waals surface area contributed by atoms with Gasteiger partial charge in [-0.25, -0.2) is 0 Å². The van der Waals surface area contributed by atoms with Crippen molar-refractivity contribution < 1.29 is 14.7 Å². The van der Waals surface area contributed by atoms with Gasteiger partial charge < -0.3 is 10.0 Å². The molecule has 1 N–H and O–H groups in total. The van der Waals surface area contributed by atoms with E-state index < -0.39 is 5.97 Å². The lowest BCUT2D eigenvalue weighted by molar-refractivity contribution is -0.136. The second-order valence-electron chi connectivity index (χ2n) is 7.08. The molecule has 1 amide bonds. The van der Waals surface area contributed by atoms with Crippen molar-refractivity contribution in [2.45, 2.75) is 51.6 Å². The minimum Gasteiger partial charge on any atom is -0.481 e. The number of aryl methyl sites for hydroxylation is 2. The first-order valence-corrected chi connectivity index (χ1v) is 9.14. The molecule has 0 fully saturated rings. The van der Waals surface area contributed by atoms with Crippen LogP contribution in [0.25, 0.3) is 0 Å². The Bertz CT molecular complexity index is 867. The molecular formula is C18H23N5O3. The third kappa shape index (κ3) is 3.00. The Kier molecular flexibility index (Phi) is 4.26. The highest BCUT2D eigenvalue weighted by Crippen LogP contribution is 2.26. The monoisotopic (exact) mass is 357 g/mol. The summed E-state index contributed by atoms with van der Waals surface area (Å²) < 4.78 is 3.74. The molecule has 138 valence electrons. The lowest BCUT2D eigenvalue weighted by Gasteiger charge is -2.27. The van der Waals surface area contributed by atoms with Crippen LogP contribution in [0.2, 0.25) is 0 Å². The number of carboxylic acids is 1. The van der Waals surface area contributed by atoms with Crippen LogP contribution in [-0.2, 0) is 44.2 Å². The largest absolute Gasteiger partial charge is 0.481 e. The second kappa shape index (κ2) is 6.59. The smallest absolute Gasteiger partial charge is 0.303 e. The fourth-order valence-electron chi connectivity index (χ4n) is 3.95. The highest BCUT2D eigenvalue weighted by Gasteiger charge is 2.29. The van der Waals surface area contributed by atoms with Gasteiger partial charge in [0.25, 0.3) is 5.91 Å². The summed E-state index contributed by atoms with van der Waals surface area (Å²) in [6, 6.07) is 1.91. The number of carbonyl (C=O) groups excluding carboxylic acids is 1. The highest BCUT2D eigenvalue weighted by atomic mass is 16.4. The summed E-state index contributed by atoms with van der Waals surface area (Å²) >= 11 is 0. The van der Waals surface area contributed by atoms with E-state index in [-0.39, 0.29) is 12.3 Å². The SMILES string of the molecule is Cn1nc(C(=O)N2CCn3nc(CCC(=O)O)cc3C2)c2c1CCCC2. The summed E-state index contributed by atoms with van der Waals surface area (Å²) in [6.45, 7) is 1.71. The maximum Gasteiger partial charge on any atom is 0.303 e. The van der Waals surface area contributed by atoms with E-state index in [1.54, 1.807) is 0 Å². The second-order valence-corrected chi connectivity index (χ2v) is 7.08. The predicted octanol–water partition coefficient (Wildman–Crippen LogP) is 1.17. The number of rotatable bonds is 4. The third-order valence-electron chi connectivity index (χ3n) is 5.30. The average Bonchev–Trinajstić information content (AvgIpc) is 3.20. The van der Waals surface area contributed by atoms with Crippen LogP contribution in [0.15, 0.2) is 6.07 Å². The molecule has 0 saturated carbocycles. The van der Waals surface area contributed by atoms with E-state index in [2.05, 4.69) is 10.2 Å². The fraction of sp³-hybridized carbons (Fsp3) is 0.556. The van der Waals surface area contributed by atoms with E-state index in [0.717, 1.165) is 42.6 Å². The molecule has 0 aromatic carbocycles. The number of aliphatic carboxylic acids is 1. The number of hydrogen-bond donors (Lipinski definition) is 1. The summed E-state index contributed by atoms with van der Waals surface area (Å²) in [5.41, 5.74) is 4.63. The van der Waals surface area contributed by atoms with Crippen molar-refractivity contribution in [3.63, 3.8) is 0 Å². The Morgan fingerprint density at radius 3 is 2.81 bits per heavy atom. The summed E-state index contributed by atoms with van der Waals surface area (Å²) in [5, 5.41) is 17.8. The number of hydrogen-bond acceptors (Lipinski definition) is 4. The highest BCUT2D eigenvalue weighted by molar-refractivity contribution is 5.94. The Labute approximate surface area is 151 Å². The molecular weight excluding hydrogens is 334 g/mol. The van der Waals surface area contributed by atoms with E-state index in [4.69, 9.17) is 5.11 Å². The van der Waals surface area contributed by atoms with Crippen molar-refractivity contribution in [1.82, 2.24) is 24.5 Å². The molecule has 0 unspecified atom stereocenters. The van der Waals surface area contributed by atoms with Gasteiger partial charge in [0.1, 0.15) is 0 Å². The molecule has 8 heteroatoms. The maximum absolute atomic E-state index is 13.1. The van der Waals surface area contributed by atoms with E-state index >= 15 is 0 Å². The van der Waals surface area contributed by atoms with Gasteiger partial charge in [0.05, 0.1) is 30.9 Å². The molecule has 2 aliphatic rings. The number of carbonyl (C=O) groups is 2. The zero-order valence-electron chi connectivity index (χ0n) is 14.9. The zero-order chi connectivity index (χ0) is 18.3. The summed E-state index contributed by atoms with van der Waals surface area (Å²) in [5.74, 6) is -0.837. The van der Waals surface area contributed by atoms with Gasteiger partial charge in [0.15, 0.2) is 5.69 Å². The average molecular weight is 357 g/mol. The van der Waals surface area contributed by atoms with Crippen molar-refractivity contribution >= 4 is 11.9 Å². The predicted molar refractivity (Wildman–Crippen MR) is 92.8 cm³/mol. The topological polar surface area (TPSA) is 93.3 Å². The van der Waals surface area contributed by atoms with E-state index in [1.165, 1.54) is 5.69 Å². The molecule has 0 bridgehead atoms. The van der Waals surface area contributed by atoms with Gasteiger partial charge in [0, 0.05) is 31.3 Å². The van der Waals surface area contributed by atoms with Crippen molar-refractivity contribution in [3.8, 4) is 0 Å². The lowest BCUT2D eigenvalue weighted by Crippen LogP contribution is -2.39. The Morgan fingerprint density at radius 1 is 1.19 bits per heavy atom. The molecule has 1 aliphatic heterocycles. The molecule has 2 aromatic heterocycles. The van der Waals surface area contributed by atoms with Gasteiger partial charge in [-0.05, 0) is 31.7 Å². The molecule has 2 aromatic rings. The van der Waals surface area contributed by atoms with Crippen LogP contribution < -0.4 is 0 Å². The Morgan fingerprint density at radius 2 is 2.00 bits per heavy atom. The number of nitrogens with zero attached hydrogens (tertiary/aromatic N) is 5. The van der Waals surface area contributed by atoms with Gasteiger partial charge in [-0.15, -0.1) is 0 Å². The van der Waals surface area contributed by atoms with Crippen molar-refractivity contribution in [3.05, 3.63) is 34.4 Å². The van der Waals surface area contributed by atoms with Crippen molar-refractivity contribution in [1.29, 1.82) is 0 Å². The molecule has 0 spiro atoms. The van der Waals surface area contributed by atoms with Crippen LogP contribution in [0.5, 0.6) is 0 Å². The molecule has 26 heavy (non-hydrogen) atoms. The summed E-state index contributed by atoms with van der Waals surface area (Å²) in [4.78, 5) is 25.6. The van der Waals surface area contributed by atoms with E-state index in [1.807, 2.05) is 27.4 Å². The summed E-state index contributed by atoms with van der Waals surface area (Å²) in [7, 11) is 1.92. The van der Waals surface area contributed by atoms with Gasteiger partial charge in [0.2, 0.25) is 0 Å². The number of aromatic nitrogens is 4. The van der Waals surface area contributed by atoms with Crippen molar-refractivity contribution in [2.75, 3.05) is 6.54 Å². The van der Waals surface area contributed by atoms with Gasteiger partial charge in [-0.1, -0.05) is 0 Å². The molecule has 4 rings (SSSR count). The fourth-order valence-corrected chi connectivity index (χ4v) is 3.95.